The molecule has 18 heavy (non-hydrogen) atoms. The fourth-order valence-corrected chi connectivity index (χ4v) is 4.41. The summed E-state index contributed by atoms with van der Waals surface area (Å²) in [6.45, 7) is 3.79. The van der Waals surface area contributed by atoms with Crippen molar-refractivity contribution in [3.63, 3.8) is 0 Å². The molecule has 1 rings (SSSR count). The van der Waals surface area contributed by atoms with Crippen LogP contribution in [0.2, 0.25) is 5.02 Å². The third-order valence-corrected chi connectivity index (χ3v) is 5.16. The standard InChI is InChI=1S/C11H14Br2ClNO2S/c1-7(12)5-8(2)15-18(16,17)11-4-3-9(13)6-10(11)14/h3-4,6-8,15H,5H2,1-2H3. The molecule has 0 spiro atoms. The third-order valence-electron chi connectivity index (χ3n) is 2.22. The summed E-state index contributed by atoms with van der Waals surface area (Å²) < 4.78 is 27.6. The van der Waals surface area contributed by atoms with Crippen LogP contribution >= 0.6 is 43.5 Å². The van der Waals surface area contributed by atoms with E-state index < -0.39 is 10.0 Å². The van der Waals surface area contributed by atoms with Gasteiger partial charge in [0.1, 0.15) is 4.90 Å². The summed E-state index contributed by atoms with van der Waals surface area (Å²) in [5.41, 5.74) is 0. The van der Waals surface area contributed by atoms with Crippen LogP contribution in [0.4, 0.5) is 0 Å². The molecular weight excluding hydrogens is 405 g/mol. The Morgan fingerprint density at radius 1 is 1.39 bits per heavy atom. The monoisotopic (exact) mass is 417 g/mol. The van der Waals surface area contributed by atoms with Crippen molar-refractivity contribution >= 4 is 53.5 Å². The second-order valence-electron chi connectivity index (χ2n) is 4.11. The predicted octanol–water partition coefficient (Wildman–Crippen LogP) is 3.94. The molecule has 0 aliphatic heterocycles. The lowest BCUT2D eigenvalue weighted by molar-refractivity contribution is 0.548. The minimum Gasteiger partial charge on any atom is -0.208 e. The Kier molecular flexibility index (Phi) is 6.12. The number of alkyl halides is 1. The maximum Gasteiger partial charge on any atom is 0.242 e. The van der Waals surface area contributed by atoms with Crippen LogP contribution in [0.3, 0.4) is 0 Å². The number of nitrogens with one attached hydrogen (secondary N) is 1. The molecule has 0 fully saturated rings. The molecule has 7 heteroatoms. The van der Waals surface area contributed by atoms with E-state index >= 15 is 0 Å². The summed E-state index contributed by atoms with van der Waals surface area (Å²) in [5.74, 6) is 0. The van der Waals surface area contributed by atoms with E-state index in [0.717, 1.165) is 4.47 Å². The van der Waals surface area contributed by atoms with Gasteiger partial charge in [0.2, 0.25) is 10.0 Å². The van der Waals surface area contributed by atoms with E-state index in [9.17, 15) is 8.42 Å². The molecular formula is C11H14Br2ClNO2S. The van der Waals surface area contributed by atoms with Gasteiger partial charge in [-0.1, -0.05) is 50.4 Å². The minimum atomic E-state index is -3.58. The molecule has 0 saturated carbocycles. The summed E-state index contributed by atoms with van der Waals surface area (Å²) in [5, 5.41) is 0.205. The first-order valence-corrected chi connectivity index (χ1v) is 8.91. The van der Waals surface area contributed by atoms with Gasteiger partial charge in [-0.15, -0.1) is 0 Å². The van der Waals surface area contributed by atoms with E-state index in [1.54, 1.807) is 12.1 Å². The maximum atomic E-state index is 12.1. The Bertz CT molecular complexity index is 520. The van der Waals surface area contributed by atoms with Gasteiger partial charge in [-0.25, -0.2) is 13.1 Å². The molecule has 0 bridgehead atoms. The van der Waals surface area contributed by atoms with Gasteiger partial charge in [0.25, 0.3) is 0 Å². The van der Waals surface area contributed by atoms with Gasteiger partial charge in [-0.05, 0) is 31.5 Å². The predicted molar refractivity (Wildman–Crippen MR) is 81.9 cm³/mol. The number of hydrogen-bond donors (Lipinski definition) is 1. The van der Waals surface area contributed by atoms with Gasteiger partial charge in [-0.3, -0.25) is 0 Å². The highest BCUT2D eigenvalue weighted by atomic mass is 79.9. The maximum absolute atomic E-state index is 12.1. The van der Waals surface area contributed by atoms with Crippen molar-refractivity contribution in [2.24, 2.45) is 0 Å². The van der Waals surface area contributed by atoms with Crippen molar-refractivity contribution in [2.45, 2.75) is 36.0 Å². The molecule has 0 amide bonds. The van der Waals surface area contributed by atoms with Crippen LogP contribution < -0.4 is 4.72 Å². The summed E-state index contributed by atoms with van der Waals surface area (Å²) >= 11 is 12.6. The molecule has 0 radical (unpaired) electrons. The Morgan fingerprint density at radius 2 is 2.00 bits per heavy atom. The van der Waals surface area contributed by atoms with E-state index in [4.69, 9.17) is 11.6 Å². The van der Waals surface area contributed by atoms with E-state index in [1.807, 2.05) is 13.8 Å². The molecule has 0 saturated heterocycles. The van der Waals surface area contributed by atoms with Crippen LogP contribution in [0.25, 0.3) is 0 Å². The molecule has 3 nitrogen and oxygen atoms in total. The highest BCUT2D eigenvalue weighted by molar-refractivity contribution is 9.10. The average Bonchev–Trinajstić information content (AvgIpc) is 2.13. The Hall–Kier alpha value is 0.380. The number of benzene rings is 1. The van der Waals surface area contributed by atoms with E-state index in [0.29, 0.717) is 6.42 Å². The average molecular weight is 420 g/mol. The van der Waals surface area contributed by atoms with Crippen molar-refractivity contribution in [1.82, 2.24) is 4.72 Å². The minimum absolute atomic E-state index is 0.0986. The highest BCUT2D eigenvalue weighted by Gasteiger charge is 2.21. The van der Waals surface area contributed by atoms with Gasteiger partial charge in [0, 0.05) is 15.3 Å². The number of rotatable bonds is 5. The van der Waals surface area contributed by atoms with Crippen molar-refractivity contribution in [1.29, 1.82) is 0 Å². The van der Waals surface area contributed by atoms with Crippen LogP contribution in [0.1, 0.15) is 20.3 Å². The molecule has 0 aromatic heterocycles. The van der Waals surface area contributed by atoms with E-state index in [1.165, 1.54) is 6.07 Å². The second-order valence-corrected chi connectivity index (χ2v) is 8.68. The highest BCUT2D eigenvalue weighted by Crippen LogP contribution is 2.25. The van der Waals surface area contributed by atoms with Crippen LogP contribution in [0.15, 0.2) is 27.6 Å². The summed E-state index contributed by atoms with van der Waals surface area (Å²) in [6, 6.07) is 4.54. The molecule has 1 aromatic carbocycles. The SMILES string of the molecule is CC(Br)CC(C)NS(=O)(=O)c1ccc(Br)cc1Cl. The smallest absolute Gasteiger partial charge is 0.208 e. The first-order valence-electron chi connectivity index (χ1n) is 5.34. The normalized spacial score (nSPS) is 15.4. The number of hydrogen-bond acceptors (Lipinski definition) is 2. The van der Waals surface area contributed by atoms with Gasteiger partial charge >= 0.3 is 0 Å². The summed E-state index contributed by atoms with van der Waals surface area (Å²) in [6.07, 6.45) is 0.702. The zero-order valence-electron chi connectivity index (χ0n) is 9.95. The molecule has 2 unspecified atom stereocenters. The topological polar surface area (TPSA) is 46.2 Å². The lowest BCUT2D eigenvalue weighted by Crippen LogP contribution is -2.34. The molecule has 2 atom stereocenters. The molecule has 102 valence electrons. The van der Waals surface area contributed by atoms with Crippen LogP contribution in [0, 0.1) is 0 Å². The molecule has 1 N–H and O–H groups in total. The molecule has 0 heterocycles. The second kappa shape index (κ2) is 6.70. The molecule has 1 aromatic rings. The van der Waals surface area contributed by atoms with E-state index in [2.05, 4.69) is 36.6 Å². The zero-order chi connectivity index (χ0) is 13.9. The summed E-state index contributed by atoms with van der Waals surface area (Å²) in [7, 11) is -3.58. The third kappa shape index (κ3) is 4.81. The number of halogens is 3. The van der Waals surface area contributed by atoms with Gasteiger partial charge < -0.3 is 0 Å². The van der Waals surface area contributed by atoms with Crippen LogP contribution in [0.5, 0.6) is 0 Å². The van der Waals surface area contributed by atoms with Crippen LogP contribution in [-0.4, -0.2) is 19.3 Å². The van der Waals surface area contributed by atoms with Crippen molar-refractivity contribution in [3.05, 3.63) is 27.7 Å². The largest absolute Gasteiger partial charge is 0.242 e. The fraction of sp³-hybridized carbons (Fsp3) is 0.455. The Morgan fingerprint density at radius 3 is 2.50 bits per heavy atom. The quantitative estimate of drug-likeness (QED) is 0.735. The van der Waals surface area contributed by atoms with Crippen molar-refractivity contribution in [3.8, 4) is 0 Å². The Balaban J connectivity index is 2.93. The van der Waals surface area contributed by atoms with Gasteiger partial charge in [0.05, 0.1) is 5.02 Å². The first kappa shape index (κ1) is 16.4. The molecule has 0 aliphatic carbocycles. The zero-order valence-corrected chi connectivity index (χ0v) is 14.7. The van der Waals surface area contributed by atoms with Crippen molar-refractivity contribution in [2.75, 3.05) is 0 Å². The Labute approximate surface area is 130 Å². The fourth-order valence-electron chi connectivity index (χ4n) is 1.56. The summed E-state index contributed by atoms with van der Waals surface area (Å²) in [4.78, 5) is 0.344. The lowest BCUT2D eigenvalue weighted by atomic mass is 10.2. The first-order chi connectivity index (χ1) is 8.22. The van der Waals surface area contributed by atoms with Crippen LogP contribution in [-0.2, 0) is 10.0 Å². The van der Waals surface area contributed by atoms with Gasteiger partial charge in [0.15, 0.2) is 0 Å². The van der Waals surface area contributed by atoms with E-state index in [-0.39, 0.29) is 20.8 Å². The van der Waals surface area contributed by atoms with Gasteiger partial charge in [-0.2, -0.15) is 0 Å². The lowest BCUT2D eigenvalue weighted by Gasteiger charge is -2.16. The van der Waals surface area contributed by atoms with Crippen molar-refractivity contribution < 1.29 is 8.42 Å². The molecule has 0 aliphatic rings. The number of sulfonamides is 1.